The third-order valence-corrected chi connectivity index (χ3v) is 4.87. The van der Waals surface area contributed by atoms with Gasteiger partial charge in [-0.1, -0.05) is 24.3 Å². The summed E-state index contributed by atoms with van der Waals surface area (Å²) in [5.74, 6) is 0.865. The van der Waals surface area contributed by atoms with Crippen molar-refractivity contribution in [1.82, 2.24) is 9.80 Å². The normalized spacial score (nSPS) is 15.8. The summed E-state index contributed by atoms with van der Waals surface area (Å²) in [6, 6.07) is 6.40. The van der Waals surface area contributed by atoms with Crippen LogP contribution in [0.1, 0.15) is 12.0 Å². The monoisotopic (exact) mass is 336 g/mol. The Morgan fingerprint density at radius 1 is 1.30 bits per heavy atom. The van der Waals surface area contributed by atoms with Gasteiger partial charge in [-0.15, -0.1) is 0 Å². The SMILES string of the molecule is CSCC[C@@H](CN1CC=CC1)N(C)C(=O)Cc1ccc(F)cc1. The van der Waals surface area contributed by atoms with Crippen LogP contribution in [0.2, 0.25) is 0 Å². The van der Waals surface area contributed by atoms with Crippen LogP contribution in [-0.2, 0) is 11.2 Å². The Balaban J connectivity index is 1.94. The van der Waals surface area contributed by atoms with E-state index in [-0.39, 0.29) is 17.8 Å². The maximum absolute atomic E-state index is 13.0. The van der Waals surface area contributed by atoms with Gasteiger partial charge in [-0.05, 0) is 36.1 Å². The van der Waals surface area contributed by atoms with Gasteiger partial charge in [0.15, 0.2) is 0 Å². The summed E-state index contributed by atoms with van der Waals surface area (Å²) >= 11 is 1.81. The maximum Gasteiger partial charge on any atom is 0.227 e. The fourth-order valence-electron chi connectivity index (χ4n) is 2.74. The van der Waals surface area contributed by atoms with Gasteiger partial charge in [0, 0.05) is 32.7 Å². The van der Waals surface area contributed by atoms with Crippen molar-refractivity contribution in [3.05, 3.63) is 47.8 Å². The number of nitrogens with zero attached hydrogens (tertiary/aromatic N) is 2. The molecule has 0 N–H and O–H groups in total. The van der Waals surface area contributed by atoms with Crippen molar-refractivity contribution in [2.24, 2.45) is 0 Å². The molecule has 0 unspecified atom stereocenters. The first-order valence-electron chi connectivity index (χ1n) is 7.96. The summed E-state index contributed by atoms with van der Waals surface area (Å²) in [5, 5.41) is 0. The molecule has 1 aromatic carbocycles. The first-order chi connectivity index (χ1) is 11.1. The predicted octanol–water partition coefficient (Wildman–Crippen LogP) is 2.82. The average molecular weight is 336 g/mol. The Morgan fingerprint density at radius 2 is 1.96 bits per heavy atom. The van der Waals surface area contributed by atoms with Crippen LogP contribution in [0.15, 0.2) is 36.4 Å². The number of amides is 1. The number of thioether (sulfide) groups is 1. The summed E-state index contributed by atoms with van der Waals surface area (Å²) in [6.45, 7) is 2.84. The Hall–Kier alpha value is -1.33. The van der Waals surface area contributed by atoms with Crippen LogP contribution in [-0.4, -0.2) is 60.4 Å². The zero-order valence-electron chi connectivity index (χ0n) is 13.9. The van der Waals surface area contributed by atoms with Crippen LogP contribution < -0.4 is 0 Å². The quantitative estimate of drug-likeness (QED) is 0.682. The number of rotatable bonds is 8. The zero-order valence-corrected chi connectivity index (χ0v) is 14.7. The molecular weight excluding hydrogens is 311 g/mol. The molecule has 0 radical (unpaired) electrons. The van der Waals surface area contributed by atoms with E-state index in [1.807, 2.05) is 23.7 Å². The van der Waals surface area contributed by atoms with E-state index in [1.54, 1.807) is 12.1 Å². The second-order valence-electron chi connectivity index (χ2n) is 5.93. The van der Waals surface area contributed by atoms with Gasteiger partial charge in [-0.25, -0.2) is 4.39 Å². The summed E-state index contributed by atoms with van der Waals surface area (Å²) in [5.41, 5.74) is 0.856. The fraction of sp³-hybridized carbons (Fsp3) is 0.500. The van der Waals surface area contributed by atoms with Gasteiger partial charge < -0.3 is 4.90 Å². The third-order valence-electron chi connectivity index (χ3n) is 4.23. The Labute approximate surface area is 142 Å². The van der Waals surface area contributed by atoms with Gasteiger partial charge >= 0.3 is 0 Å². The molecule has 0 spiro atoms. The number of likely N-dealkylation sites (N-methyl/N-ethyl adjacent to an activating group) is 1. The second-order valence-corrected chi connectivity index (χ2v) is 6.92. The van der Waals surface area contributed by atoms with Crippen LogP contribution >= 0.6 is 11.8 Å². The van der Waals surface area contributed by atoms with Crippen LogP contribution in [0.25, 0.3) is 0 Å². The fourth-order valence-corrected chi connectivity index (χ4v) is 3.24. The first-order valence-corrected chi connectivity index (χ1v) is 9.36. The molecule has 0 saturated heterocycles. The van der Waals surface area contributed by atoms with Gasteiger partial charge in [-0.2, -0.15) is 11.8 Å². The maximum atomic E-state index is 13.0. The molecule has 2 rings (SSSR count). The zero-order chi connectivity index (χ0) is 16.7. The number of hydrogen-bond acceptors (Lipinski definition) is 3. The summed E-state index contributed by atoms with van der Waals surface area (Å²) in [4.78, 5) is 16.8. The molecule has 126 valence electrons. The molecule has 0 saturated carbocycles. The van der Waals surface area contributed by atoms with Crippen molar-refractivity contribution in [2.45, 2.75) is 18.9 Å². The van der Waals surface area contributed by atoms with Gasteiger partial charge in [0.05, 0.1) is 6.42 Å². The molecule has 0 aliphatic carbocycles. The number of hydrogen-bond donors (Lipinski definition) is 0. The second kappa shape index (κ2) is 9.08. The van der Waals surface area contributed by atoms with Crippen molar-refractivity contribution in [1.29, 1.82) is 0 Å². The molecule has 5 heteroatoms. The lowest BCUT2D eigenvalue weighted by atomic mass is 10.1. The molecule has 0 bridgehead atoms. The highest BCUT2D eigenvalue weighted by Gasteiger charge is 2.22. The van der Waals surface area contributed by atoms with Crippen LogP contribution in [0.3, 0.4) is 0 Å². The molecule has 0 aromatic heterocycles. The molecule has 1 aliphatic rings. The summed E-state index contributed by atoms with van der Waals surface area (Å²) < 4.78 is 13.0. The van der Waals surface area contributed by atoms with Crippen molar-refractivity contribution in [3.8, 4) is 0 Å². The highest BCUT2D eigenvalue weighted by atomic mass is 32.2. The standard InChI is InChI=1S/C18H25FN2OS/c1-20(18(22)13-15-5-7-16(19)8-6-15)17(9-12-23-2)14-21-10-3-4-11-21/h3-8,17H,9-14H2,1-2H3/t17-/m0/s1. The third kappa shape index (κ3) is 5.66. The van der Waals surface area contributed by atoms with Crippen molar-refractivity contribution < 1.29 is 9.18 Å². The van der Waals surface area contributed by atoms with E-state index in [1.165, 1.54) is 12.1 Å². The smallest absolute Gasteiger partial charge is 0.227 e. The topological polar surface area (TPSA) is 23.6 Å². The molecule has 1 aromatic rings. The minimum absolute atomic E-state index is 0.0925. The summed E-state index contributed by atoms with van der Waals surface area (Å²) in [6.07, 6.45) is 7.75. The van der Waals surface area contributed by atoms with E-state index >= 15 is 0 Å². The lowest BCUT2D eigenvalue weighted by Gasteiger charge is -2.31. The van der Waals surface area contributed by atoms with Crippen LogP contribution in [0.4, 0.5) is 4.39 Å². The molecule has 1 atom stereocenters. The van der Waals surface area contributed by atoms with E-state index in [0.29, 0.717) is 6.42 Å². The minimum atomic E-state index is -0.270. The molecule has 0 fully saturated rings. The number of carbonyl (C=O) groups is 1. The lowest BCUT2D eigenvalue weighted by molar-refractivity contribution is -0.131. The van der Waals surface area contributed by atoms with E-state index in [9.17, 15) is 9.18 Å². The molecule has 3 nitrogen and oxygen atoms in total. The molecular formula is C18H25FN2OS. The van der Waals surface area contributed by atoms with E-state index in [0.717, 1.165) is 37.4 Å². The van der Waals surface area contributed by atoms with Crippen molar-refractivity contribution in [3.63, 3.8) is 0 Å². The van der Waals surface area contributed by atoms with Gasteiger partial charge in [0.25, 0.3) is 0 Å². The Bertz CT molecular complexity index is 524. The molecule has 1 heterocycles. The Kier molecular flexibility index (Phi) is 7.12. The van der Waals surface area contributed by atoms with Crippen molar-refractivity contribution >= 4 is 17.7 Å². The van der Waals surface area contributed by atoms with Crippen LogP contribution in [0.5, 0.6) is 0 Å². The summed E-state index contributed by atoms with van der Waals surface area (Å²) in [7, 11) is 1.89. The van der Waals surface area contributed by atoms with Gasteiger partial charge in [0.2, 0.25) is 5.91 Å². The lowest BCUT2D eigenvalue weighted by Crippen LogP contribution is -2.45. The Morgan fingerprint density at radius 3 is 2.57 bits per heavy atom. The first kappa shape index (κ1) is 18.0. The molecule has 1 amide bonds. The van der Waals surface area contributed by atoms with Gasteiger partial charge in [-0.3, -0.25) is 9.69 Å². The van der Waals surface area contributed by atoms with E-state index in [2.05, 4.69) is 23.3 Å². The number of benzene rings is 1. The minimum Gasteiger partial charge on any atom is -0.341 e. The highest BCUT2D eigenvalue weighted by Crippen LogP contribution is 2.13. The largest absolute Gasteiger partial charge is 0.341 e. The number of carbonyl (C=O) groups excluding carboxylic acids is 1. The van der Waals surface area contributed by atoms with Crippen molar-refractivity contribution in [2.75, 3.05) is 38.7 Å². The molecule has 23 heavy (non-hydrogen) atoms. The van der Waals surface area contributed by atoms with E-state index in [4.69, 9.17) is 0 Å². The average Bonchev–Trinajstić information content (AvgIpc) is 3.06. The highest BCUT2D eigenvalue weighted by molar-refractivity contribution is 7.98. The van der Waals surface area contributed by atoms with Gasteiger partial charge in [0.1, 0.15) is 5.82 Å². The number of halogens is 1. The molecule has 1 aliphatic heterocycles. The van der Waals surface area contributed by atoms with Crippen LogP contribution in [0, 0.1) is 5.82 Å². The van der Waals surface area contributed by atoms with E-state index < -0.39 is 0 Å². The predicted molar refractivity (Wildman–Crippen MR) is 95.2 cm³/mol.